The Kier molecular flexibility index (Phi) is 11.3. The van der Waals surface area contributed by atoms with E-state index in [-0.39, 0.29) is 23.6 Å². The average Bonchev–Trinajstić information content (AvgIpc) is 3.43. The monoisotopic (exact) mass is 647 g/mol. The van der Waals surface area contributed by atoms with Gasteiger partial charge in [-0.15, -0.1) is 0 Å². The Balaban J connectivity index is 1.54. The van der Waals surface area contributed by atoms with E-state index in [9.17, 15) is 33.0 Å². The van der Waals surface area contributed by atoms with Gasteiger partial charge in [0.05, 0.1) is 17.5 Å². The van der Waals surface area contributed by atoms with Crippen molar-refractivity contribution < 1.29 is 33.0 Å². The molecule has 0 aliphatic heterocycles. The van der Waals surface area contributed by atoms with Gasteiger partial charge in [-0.25, -0.2) is 22.7 Å². The molecule has 0 bridgehead atoms. The van der Waals surface area contributed by atoms with Gasteiger partial charge in [-0.3, -0.25) is 9.48 Å². The first-order valence-electron chi connectivity index (χ1n) is 14.8. The van der Waals surface area contributed by atoms with Crippen molar-refractivity contribution in [3.63, 3.8) is 0 Å². The Hall–Kier alpha value is -5.01. The van der Waals surface area contributed by atoms with Crippen LogP contribution in [0.25, 0.3) is 11.1 Å². The van der Waals surface area contributed by atoms with Crippen molar-refractivity contribution in [2.24, 2.45) is 0 Å². The molecular weight excluding hydrogens is 610 g/mol. The van der Waals surface area contributed by atoms with Crippen LogP contribution in [0.15, 0.2) is 89.8 Å². The number of benzene rings is 3. The Morgan fingerprint density at radius 3 is 2.24 bits per heavy atom. The number of carbonyl (C=O) groups excluding carboxylic acids is 2. The topological polar surface area (TPSA) is 180 Å². The fourth-order valence-corrected chi connectivity index (χ4v) is 6.12. The van der Waals surface area contributed by atoms with E-state index in [0.717, 1.165) is 23.2 Å². The number of carboxylic acid groups (broad SMARTS) is 1. The predicted molar refractivity (Wildman–Crippen MR) is 172 cm³/mol. The summed E-state index contributed by atoms with van der Waals surface area (Å²) in [5.41, 5.74) is 3.52. The molecule has 0 saturated heterocycles. The number of aromatic nitrogens is 2. The van der Waals surface area contributed by atoms with Crippen molar-refractivity contribution in [1.82, 2.24) is 25.1 Å². The van der Waals surface area contributed by atoms with Crippen LogP contribution in [0.3, 0.4) is 0 Å². The first-order chi connectivity index (χ1) is 22.0. The van der Waals surface area contributed by atoms with Gasteiger partial charge in [-0.05, 0) is 48.6 Å². The molecular formula is C33H37N5O7S. The highest BCUT2D eigenvalue weighted by molar-refractivity contribution is 7.90. The van der Waals surface area contributed by atoms with Gasteiger partial charge in [0.2, 0.25) is 0 Å². The number of aliphatic hydroxyl groups excluding tert-OH is 1. The van der Waals surface area contributed by atoms with Crippen LogP contribution in [0.4, 0.5) is 4.79 Å². The minimum atomic E-state index is -4.14. The molecule has 12 nitrogen and oxygen atoms in total. The van der Waals surface area contributed by atoms with Crippen LogP contribution < -0.4 is 15.4 Å². The maximum absolute atomic E-state index is 13.2. The Morgan fingerprint density at radius 2 is 1.59 bits per heavy atom. The number of carbonyl (C=O) groups is 3. The van der Waals surface area contributed by atoms with Gasteiger partial charge >= 0.3 is 12.0 Å². The number of aryl methyl sites for hydroxylation is 1. The third-order valence-electron chi connectivity index (χ3n) is 7.19. The zero-order valence-electron chi connectivity index (χ0n) is 25.5. The molecule has 4 aromatic rings. The highest BCUT2D eigenvalue weighted by atomic mass is 32.2. The molecule has 1 aromatic heterocycles. The van der Waals surface area contributed by atoms with Gasteiger partial charge in [-0.1, -0.05) is 86.1 Å². The number of aliphatic hydroxyl groups is 1. The van der Waals surface area contributed by atoms with E-state index in [0.29, 0.717) is 24.1 Å². The number of nitrogens with zero attached hydrogens (tertiary/aromatic N) is 2. The number of amides is 3. The zero-order valence-corrected chi connectivity index (χ0v) is 26.3. The standard InChI is InChI=1S/C33H37N5O7S/c1-3-10-25-20-28(31(40)35-27(30(39)32(41)42)19-22-11-6-5-7-12-22)36-38(25)21-23-15-17-24(18-16-23)26-13-8-9-14-29(26)46(44,45)37-33(43)34-4-2/h5-9,11-18,20,27,30,39H,3-4,10,19,21H2,1-2H3,(H,35,40)(H,41,42)(H2,34,37,43)/t27-,30-/m1/s1. The van der Waals surface area contributed by atoms with Crippen LogP contribution in [0, 0.1) is 0 Å². The summed E-state index contributed by atoms with van der Waals surface area (Å²) in [6, 6.07) is 22.3. The molecule has 0 unspecified atom stereocenters. The summed E-state index contributed by atoms with van der Waals surface area (Å²) < 4.78 is 29.6. The maximum atomic E-state index is 13.2. The normalized spacial score (nSPS) is 12.6. The first kappa shape index (κ1) is 33.9. The molecule has 1 heterocycles. The predicted octanol–water partition coefficient (Wildman–Crippen LogP) is 3.35. The summed E-state index contributed by atoms with van der Waals surface area (Å²) in [7, 11) is -4.14. The van der Waals surface area contributed by atoms with Crippen molar-refractivity contribution in [3.05, 3.63) is 107 Å². The molecule has 46 heavy (non-hydrogen) atoms. The third-order valence-corrected chi connectivity index (χ3v) is 8.58. The molecule has 4 rings (SSSR count). The molecule has 0 aliphatic rings. The molecule has 3 amide bonds. The van der Waals surface area contributed by atoms with Crippen LogP contribution in [0.2, 0.25) is 0 Å². The lowest BCUT2D eigenvalue weighted by atomic mass is 10.0. The summed E-state index contributed by atoms with van der Waals surface area (Å²) in [5.74, 6) is -2.05. The Morgan fingerprint density at radius 1 is 0.913 bits per heavy atom. The van der Waals surface area contributed by atoms with Crippen molar-refractivity contribution in [1.29, 1.82) is 0 Å². The van der Waals surface area contributed by atoms with Gasteiger partial charge in [0.15, 0.2) is 6.10 Å². The van der Waals surface area contributed by atoms with E-state index >= 15 is 0 Å². The maximum Gasteiger partial charge on any atom is 0.334 e. The molecule has 0 fully saturated rings. The lowest BCUT2D eigenvalue weighted by Crippen LogP contribution is -2.48. The molecule has 0 aliphatic carbocycles. The number of urea groups is 1. The highest BCUT2D eigenvalue weighted by Crippen LogP contribution is 2.28. The summed E-state index contributed by atoms with van der Waals surface area (Å²) in [6.45, 7) is 4.27. The van der Waals surface area contributed by atoms with E-state index in [4.69, 9.17) is 0 Å². The lowest BCUT2D eigenvalue weighted by Gasteiger charge is -2.21. The van der Waals surface area contributed by atoms with Crippen LogP contribution in [-0.2, 0) is 34.2 Å². The molecule has 5 N–H and O–H groups in total. The van der Waals surface area contributed by atoms with Gasteiger partial charge in [0.25, 0.3) is 15.9 Å². The fourth-order valence-electron chi connectivity index (χ4n) is 4.96. The molecule has 13 heteroatoms. The fraction of sp³-hybridized carbons (Fsp3) is 0.273. The summed E-state index contributed by atoms with van der Waals surface area (Å²) in [4.78, 5) is 36.7. The second-order valence-electron chi connectivity index (χ2n) is 10.6. The minimum absolute atomic E-state index is 0.0412. The number of hydrogen-bond donors (Lipinski definition) is 5. The summed E-state index contributed by atoms with van der Waals surface area (Å²) >= 11 is 0. The molecule has 0 saturated carbocycles. The highest BCUT2D eigenvalue weighted by Gasteiger charge is 2.29. The quantitative estimate of drug-likeness (QED) is 0.138. The third kappa shape index (κ3) is 8.58. The zero-order chi connectivity index (χ0) is 33.3. The van der Waals surface area contributed by atoms with E-state index in [1.54, 1.807) is 72.3 Å². The summed E-state index contributed by atoms with van der Waals surface area (Å²) in [6.07, 6.45) is -0.283. The van der Waals surface area contributed by atoms with Crippen LogP contribution in [0.1, 0.15) is 47.6 Å². The van der Waals surface area contributed by atoms with Crippen LogP contribution in [0.5, 0.6) is 0 Å². The minimum Gasteiger partial charge on any atom is -0.479 e. The van der Waals surface area contributed by atoms with Crippen molar-refractivity contribution in [2.75, 3.05) is 6.54 Å². The second-order valence-corrected chi connectivity index (χ2v) is 12.3. The molecule has 2 atom stereocenters. The number of sulfonamides is 1. The van der Waals surface area contributed by atoms with Crippen molar-refractivity contribution in [3.8, 4) is 11.1 Å². The van der Waals surface area contributed by atoms with Gasteiger partial charge in [0, 0.05) is 17.8 Å². The van der Waals surface area contributed by atoms with Gasteiger partial charge in [-0.2, -0.15) is 5.10 Å². The van der Waals surface area contributed by atoms with Crippen LogP contribution in [-0.4, -0.2) is 65.0 Å². The van der Waals surface area contributed by atoms with E-state index in [1.807, 2.05) is 29.8 Å². The molecule has 0 spiro atoms. The number of nitrogens with one attached hydrogen (secondary N) is 3. The molecule has 3 aromatic carbocycles. The van der Waals surface area contributed by atoms with E-state index in [1.165, 1.54) is 6.07 Å². The van der Waals surface area contributed by atoms with Crippen molar-refractivity contribution in [2.45, 2.75) is 56.7 Å². The largest absolute Gasteiger partial charge is 0.479 e. The number of rotatable bonds is 14. The number of aliphatic carboxylic acids is 1. The molecule has 0 radical (unpaired) electrons. The van der Waals surface area contributed by atoms with Crippen molar-refractivity contribution >= 4 is 27.9 Å². The number of carboxylic acids is 1. The smallest absolute Gasteiger partial charge is 0.334 e. The average molecular weight is 648 g/mol. The van der Waals surface area contributed by atoms with Crippen LogP contribution >= 0.6 is 0 Å². The SMILES string of the molecule is CCCc1cc(C(=O)N[C@H](Cc2ccccc2)[C@@H](O)C(=O)O)nn1Cc1ccc(-c2ccccc2S(=O)(=O)NC(=O)NCC)cc1. The van der Waals surface area contributed by atoms with Gasteiger partial charge in [0.1, 0.15) is 5.69 Å². The van der Waals surface area contributed by atoms with E-state index < -0.39 is 40.1 Å². The second kappa shape index (κ2) is 15.3. The van der Waals surface area contributed by atoms with E-state index in [2.05, 4.69) is 15.7 Å². The lowest BCUT2D eigenvalue weighted by molar-refractivity contribution is -0.148. The Labute approximate surface area is 267 Å². The first-order valence-corrected chi connectivity index (χ1v) is 16.3. The Bertz CT molecular complexity index is 1770. The summed E-state index contributed by atoms with van der Waals surface area (Å²) in [5, 5.41) is 29.3. The van der Waals surface area contributed by atoms with Gasteiger partial charge < -0.3 is 20.8 Å². The molecule has 242 valence electrons. The number of hydrogen-bond acceptors (Lipinski definition) is 7.